The van der Waals surface area contributed by atoms with Crippen LogP contribution in [0.1, 0.15) is 5.56 Å². The van der Waals surface area contributed by atoms with Crippen LogP contribution in [0.15, 0.2) is 18.2 Å². The fourth-order valence-corrected chi connectivity index (χ4v) is 3.50. The molecule has 1 aromatic rings. The molecule has 4 nitrogen and oxygen atoms in total. The van der Waals surface area contributed by atoms with E-state index < -0.39 is 0 Å². The zero-order valence-corrected chi connectivity index (χ0v) is 10.9. The molecule has 1 saturated heterocycles. The molecular formula is C13H16N3OS. The Morgan fingerprint density at radius 3 is 2.89 bits per heavy atom. The third-order valence-corrected chi connectivity index (χ3v) is 4.51. The highest BCUT2D eigenvalue weighted by atomic mass is 32.2. The van der Waals surface area contributed by atoms with Crippen LogP contribution in [-0.4, -0.2) is 41.4 Å². The summed E-state index contributed by atoms with van der Waals surface area (Å²) in [6.07, 6.45) is 0.770. The van der Waals surface area contributed by atoms with E-state index in [1.165, 1.54) is 0 Å². The summed E-state index contributed by atoms with van der Waals surface area (Å²) >= 11 is 1.95. The first-order chi connectivity index (χ1) is 8.74. The van der Waals surface area contributed by atoms with Crippen molar-refractivity contribution >= 4 is 29.0 Å². The SMILES string of the molecule is [NH]c1ccc2c(c1)NC(=O)C(N1CCSCC1)C2. The zero-order chi connectivity index (χ0) is 12.5. The van der Waals surface area contributed by atoms with E-state index in [1.807, 2.05) is 17.8 Å². The Labute approximate surface area is 111 Å². The van der Waals surface area contributed by atoms with Gasteiger partial charge in [-0.3, -0.25) is 9.69 Å². The number of hydrogen-bond donors (Lipinski definition) is 1. The zero-order valence-electron chi connectivity index (χ0n) is 10.1. The number of carbonyl (C=O) groups excluding carboxylic acids is 1. The normalized spacial score (nSPS) is 24.4. The van der Waals surface area contributed by atoms with Crippen LogP contribution in [0, 0.1) is 0 Å². The van der Waals surface area contributed by atoms with Crippen LogP contribution < -0.4 is 11.1 Å². The fourth-order valence-electron chi connectivity index (χ4n) is 2.57. The topological polar surface area (TPSA) is 56.1 Å². The average Bonchev–Trinajstić information content (AvgIpc) is 2.39. The molecule has 0 bridgehead atoms. The first-order valence-electron chi connectivity index (χ1n) is 6.21. The van der Waals surface area contributed by atoms with Gasteiger partial charge >= 0.3 is 0 Å². The van der Waals surface area contributed by atoms with E-state index in [0.29, 0.717) is 5.69 Å². The van der Waals surface area contributed by atoms with Crippen LogP contribution in [0.3, 0.4) is 0 Å². The van der Waals surface area contributed by atoms with Crippen LogP contribution in [-0.2, 0) is 11.2 Å². The predicted octanol–water partition coefficient (Wildman–Crippen LogP) is 1.51. The third-order valence-electron chi connectivity index (χ3n) is 3.57. The molecule has 95 valence electrons. The minimum absolute atomic E-state index is 0.0324. The number of carbonyl (C=O) groups is 1. The molecule has 1 radical (unpaired) electrons. The monoisotopic (exact) mass is 262 g/mol. The van der Waals surface area contributed by atoms with Gasteiger partial charge in [0.05, 0.1) is 11.7 Å². The number of hydrogen-bond acceptors (Lipinski definition) is 3. The lowest BCUT2D eigenvalue weighted by Crippen LogP contribution is -2.50. The highest BCUT2D eigenvalue weighted by Gasteiger charge is 2.31. The molecule has 0 saturated carbocycles. The largest absolute Gasteiger partial charge is 0.324 e. The number of rotatable bonds is 1. The van der Waals surface area contributed by atoms with Gasteiger partial charge in [0.1, 0.15) is 0 Å². The molecule has 3 rings (SSSR count). The van der Waals surface area contributed by atoms with E-state index in [0.717, 1.165) is 42.3 Å². The molecule has 2 N–H and O–H groups in total. The van der Waals surface area contributed by atoms with Gasteiger partial charge in [-0.1, -0.05) is 6.07 Å². The smallest absolute Gasteiger partial charge is 0.242 e. The van der Waals surface area contributed by atoms with E-state index in [-0.39, 0.29) is 11.9 Å². The number of anilines is 1. The van der Waals surface area contributed by atoms with E-state index >= 15 is 0 Å². The van der Waals surface area contributed by atoms with Crippen molar-refractivity contribution in [2.24, 2.45) is 0 Å². The maximum atomic E-state index is 12.1. The Kier molecular flexibility index (Phi) is 3.18. The molecule has 1 amide bonds. The Hall–Kier alpha value is -1.20. The van der Waals surface area contributed by atoms with Gasteiger partial charge in [-0.2, -0.15) is 11.8 Å². The molecule has 0 spiro atoms. The molecule has 1 atom stereocenters. The average molecular weight is 262 g/mol. The maximum Gasteiger partial charge on any atom is 0.242 e. The van der Waals surface area contributed by atoms with E-state index in [9.17, 15) is 4.79 Å². The van der Waals surface area contributed by atoms with Gasteiger partial charge in [0.15, 0.2) is 0 Å². The van der Waals surface area contributed by atoms with Crippen molar-refractivity contribution in [2.75, 3.05) is 29.9 Å². The van der Waals surface area contributed by atoms with E-state index in [1.54, 1.807) is 12.1 Å². The number of nitrogens with zero attached hydrogens (tertiary/aromatic N) is 1. The molecule has 5 heteroatoms. The molecule has 2 aliphatic rings. The first-order valence-corrected chi connectivity index (χ1v) is 7.37. The molecule has 2 aliphatic heterocycles. The molecule has 0 aliphatic carbocycles. The third kappa shape index (κ3) is 2.20. The Morgan fingerprint density at radius 1 is 1.33 bits per heavy atom. The molecule has 1 fully saturated rings. The highest BCUT2D eigenvalue weighted by Crippen LogP contribution is 2.28. The van der Waals surface area contributed by atoms with Gasteiger partial charge in [-0.15, -0.1) is 0 Å². The number of nitrogens with one attached hydrogen (secondary N) is 2. The van der Waals surface area contributed by atoms with Crippen molar-refractivity contribution in [3.63, 3.8) is 0 Å². The Bertz CT molecular complexity index is 471. The summed E-state index contributed by atoms with van der Waals surface area (Å²) in [6.45, 7) is 1.99. The number of benzene rings is 1. The van der Waals surface area contributed by atoms with Crippen LogP contribution in [0.4, 0.5) is 11.4 Å². The Morgan fingerprint density at radius 2 is 2.11 bits per heavy atom. The summed E-state index contributed by atoms with van der Waals surface area (Å²) in [5, 5.41) is 2.94. The van der Waals surface area contributed by atoms with Gasteiger partial charge in [0.25, 0.3) is 0 Å². The first kappa shape index (κ1) is 11.9. The number of fused-ring (bicyclic) bond motifs is 1. The molecule has 2 heterocycles. The van der Waals surface area contributed by atoms with Crippen LogP contribution in [0.25, 0.3) is 0 Å². The molecule has 0 aromatic heterocycles. The highest BCUT2D eigenvalue weighted by molar-refractivity contribution is 7.99. The predicted molar refractivity (Wildman–Crippen MR) is 74.2 cm³/mol. The van der Waals surface area contributed by atoms with Crippen molar-refractivity contribution in [2.45, 2.75) is 12.5 Å². The van der Waals surface area contributed by atoms with Crippen LogP contribution in [0.2, 0.25) is 0 Å². The van der Waals surface area contributed by atoms with Gasteiger partial charge in [0, 0.05) is 30.3 Å². The lowest BCUT2D eigenvalue weighted by atomic mass is 9.97. The second-order valence-electron chi connectivity index (χ2n) is 4.73. The standard InChI is InChI=1S/C13H16N3OS/c14-10-2-1-9-7-12(13(17)15-11(9)8-10)16-3-5-18-6-4-16/h1-2,8,12,14H,3-7H2,(H,15,17). The number of amides is 1. The minimum Gasteiger partial charge on any atom is -0.324 e. The van der Waals surface area contributed by atoms with Gasteiger partial charge < -0.3 is 11.1 Å². The molecule has 18 heavy (non-hydrogen) atoms. The summed E-state index contributed by atoms with van der Waals surface area (Å²) in [4.78, 5) is 14.4. The van der Waals surface area contributed by atoms with E-state index in [4.69, 9.17) is 5.73 Å². The second kappa shape index (κ2) is 4.82. The number of thioether (sulfide) groups is 1. The van der Waals surface area contributed by atoms with Gasteiger partial charge in [-0.05, 0) is 24.1 Å². The quantitative estimate of drug-likeness (QED) is 0.834. The van der Waals surface area contributed by atoms with Crippen molar-refractivity contribution in [3.8, 4) is 0 Å². The van der Waals surface area contributed by atoms with Crippen molar-refractivity contribution in [1.29, 1.82) is 0 Å². The lowest BCUT2D eigenvalue weighted by molar-refractivity contribution is -0.121. The maximum absolute atomic E-state index is 12.1. The van der Waals surface area contributed by atoms with Crippen LogP contribution >= 0.6 is 11.8 Å². The molecular weight excluding hydrogens is 246 g/mol. The van der Waals surface area contributed by atoms with Crippen molar-refractivity contribution in [3.05, 3.63) is 23.8 Å². The Balaban J connectivity index is 1.82. The minimum atomic E-state index is -0.0324. The summed E-state index contributed by atoms with van der Waals surface area (Å²) in [6, 6.07) is 5.45. The van der Waals surface area contributed by atoms with Crippen molar-refractivity contribution in [1.82, 2.24) is 10.6 Å². The summed E-state index contributed by atoms with van der Waals surface area (Å²) in [5.74, 6) is 2.31. The molecule has 1 unspecified atom stereocenters. The van der Waals surface area contributed by atoms with E-state index in [2.05, 4.69) is 10.2 Å². The van der Waals surface area contributed by atoms with Gasteiger partial charge in [0.2, 0.25) is 5.91 Å². The van der Waals surface area contributed by atoms with Crippen LogP contribution in [0.5, 0.6) is 0 Å². The molecule has 1 aromatic carbocycles. The van der Waals surface area contributed by atoms with Gasteiger partial charge in [-0.25, -0.2) is 0 Å². The lowest BCUT2D eigenvalue weighted by Gasteiger charge is -2.36. The summed E-state index contributed by atoms with van der Waals surface area (Å²) < 4.78 is 0. The van der Waals surface area contributed by atoms with Crippen molar-refractivity contribution < 1.29 is 4.79 Å². The summed E-state index contributed by atoms with van der Waals surface area (Å²) in [5.41, 5.74) is 9.99. The summed E-state index contributed by atoms with van der Waals surface area (Å²) in [7, 11) is 0. The second-order valence-corrected chi connectivity index (χ2v) is 5.95. The fraction of sp³-hybridized carbons (Fsp3) is 0.462.